The number of anilines is 1. The van der Waals surface area contributed by atoms with E-state index in [1.807, 2.05) is 0 Å². The summed E-state index contributed by atoms with van der Waals surface area (Å²) in [7, 11) is 0. The van der Waals surface area contributed by atoms with E-state index in [-0.39, 0.29) is 0 Å². The van der Waals surface area contributed by atoms with Gasteiger partial charge in [-0.2, -0.15) is 0 Å². The van der Waals surface area contributed by atoms with Crippen LogP contribution in [0.4, 0.5) is 5.69 Å². The van der Waals surface area contributed by atoms with Crippen molar-refractivity contribution in [3.8, 4) is 0 Å². The normalized spacial score (nSPS) is 20.1. The Morgan fingerprint density at radius 2 is 1.94 bits per heavy atom. The van der Waals surface area contributed by atoms with Crippen LogP contribution in [0.1, 0.15) is 12.8 Å². The van der Waals surface area contributed by atoms with E-state index in [9.17, 15) is 0 Å². The molecule has 0 saturated carbocycles. The minimum Gasteiger partial charge on any atom is -0.382 e. The standard InChI is InChI=1S/C11H13Cl3N2/c12-8-4-10(14)11(5-9(8)13)16-6-7-2-1-3-15-7/h4-5,7,15-16H,1-3,6H2. The molecule has 0 amide bonds. The Hall–Kier alpha value is -0.150. The summed E-state index contributed by atoms with van der Waals surface area (Å²) in [6, 6.07) is 3.95. The third-order valence-electron chi connectivity index (χ3n) is 2.71. The lowest BCUT2D eigenvalue weighted by molar-refractivity contribution is 0.633. The average molecular weight is 280 g/mol. The molecule has 1 heterocycles. The van der Waals surface area contributed by atoms with Gasteiger partial charge in [0.15, 0.2) is 0 Å². The van der Waals surface area contributed by atoms with Crippen LogP contribution in [0.3, 0.4) is 0 Å². The topological polar surface area (TPSA) is 24.1 Å². The molecule has 1 aromatic carbocycles. The van der Waals surface area contributed by atoms with Crippen LogP contribution in [0.15, 0.2) is 12.1 Å². The Bertz CT molecular complexity index is 376. The lowest BCUT2D eigenvalue weighted by Gasteiger charge is -2.14. The summed E-state index contributed by atoms with van der Waals surface area (Å²) in [4.78, 5) is 0. The highest BCUT2D eigenvalue weighted by atomic mass is 35.5. The molecule has 5 heteroatoms. The first-order valence-electron chi connectivity index (χ1n) is 5.28. The smallest absolute Gasteiger partial charge is 0.0653 e. The van der Waals surface area contributed by atoms with Gasteiger partial charge in [0.2, 0.25) is 0 Å². The van der Waals surface area contributed by atoms with E-state index in [0.717, 1.165) is 18.8 Å². The maximum atomic E-state index is 6.06. The van der Waals surface area contributed by atoms with Crippen molar-refractivity contribution in [3.05, 3.63) is 27.2 Å². The van der Waals surface area contributed by atoms with E-state index in [2.05, 4.69) is 10.6 Å². The van der Waals surface area contributed by atoms with Gasteiger partial charge in [0.05, 0.1) is 20.8 Å². The summed E-state index contributed by atoms with van der Waals surface area (Å²) < 4.78 is 0. The highest BCUT2D eigenvalue weighted by Crippen LogP contribution is 2.32. The summed E-state index contributed by atoms with van der Waals surface area (Å²) in [5, 5.41) is 8.30. The first-order valence-corrected chi connectivity index (χ1v) is 6.42. The Balaban J connectivity index is 2.00. The Morgan fingerprint density at radius 1 is 1.19 bits per heavy atom. The molecule has 0 aromatic heterocycles. The predicted octanol–water partition coefficient (Wildman–Crippen LogP) is 3.81. The van der Waals surface area contributed by atoms with Crippen LogP contribution in [-0.4, -0.2) is 19.1 Å². The number of hydrogen-bond donors (Lipinski definition) is 2. The lowest BCUT2D eigenvalue weighted by Crippen LogP contribution is -2.29. The first-order chi connectivity index (χ1) is 7.66. The summed E-state index contributed by atoms with van der Waals surface area (Å²) >= 11 is 17.9. The summed E-state index contributed by atoms with van der Waals surface area (Å²) in [6.07, 6.45) is 2.44. The van der Waals surface area contributed by atoms with Gasteiger partial charge < -0.3 is 10.6 Å². The van der Waals surface area contributed by atoms with Crippen LogP contribution >= 0.6 is 34.8 Å². The van der Waals surface area contributed by atoms with Gasteiger partial charge in [-0.15, -0.1) is 0 Å². The van der Waals surface area contributed by atoms with Gasteiger partial charge in [0, 0.05) is 12.6 Å². The average Bonchev–Trinajstić information content (AvgIpc) is 2.74. The molecule has 1 saturated heterocycles. The molecular weight excluding hydrogens is 266 g/mol. The van der Waals surface area contributed by atoms with Gasteiger partial charge >= 0.3 is 0 Å². The fraction of sp³-hybridized carbons (Fsp3) is 0.455. The highest BCUT2D eigenvalue weighted by Gasteiger charge is 2.14. The number of rotatable bonds is 3. The van der Waals surface area contributed by atoms with Crippen molar-refractivity contribution < 1.29 is 0 Å². The third-order valence-corrected chi connectivity index (χ3v) is 3.75. The fourth-order valence-electron chi connectivity index (χ4n) is 1.82. The monoisotopic (exact) mass is 278 g/mol. The van der Waals surface area contributed by atoms with Gasteiger partial charge in [0.25, 0.3) is 0 Å². The van der Waals surface area contributed by atoms with Crippen LogP contribution < -0.4 is 10.6 Å². The summed E-state index contributed by atoms with van der Waals surface area (Å²) in [6.45, 7) is 1.96. The van der Waals surface area contributed by atoms with Crippen molar-refractivity contribution in [1.82, 2.24) is 5.32 Å². The molecular formula is C11H13Cl3N2. The molecule has 1 fully saturated rings. The van der Waals surface area contributed by atoms with Gasteiger partial charge in [-0.1, -0.05) is 34.8 Å². The molecule has 1 aliphatic rings. The van der Waals surface area contributed by atoms with Crippen molar-refractivity contribution in [3.63, 3.8) is 0 Å². The molecule has 1 aliphatic heterocycles. The summed E-state index contributed by atoms with van der Waals surface area (Å²) in [5.41, 5.74) is 0.838. The molecule has 0 bridgehead atoms. The van der Waals surface area contributed by atoms with Gasteiger partial charge in [0.1, 0.15) is 0 Å². The zero-order valence-corrected chi connectivity index (χ0v) is 11.0. The van der Waals surface area contributed by atoms with Gasteiger partial charge in [-0.05, 0) is 31.5 Å². The van der Waals surface area contributed by atoms with E-state index in [1.54, 1.807) is 12.1 Å². The van der Waals surface area contributed by atoms with E-state index < -0.39 is 0 Å². The van der Waals surface area contributed by atoms with Crippen LogP contribution in [0.2, 0.25) is 15.1 Å². The highest BCUT2D eigenvalue weighted by molar-refractivity contribution is 6.44. The Labute approximate surface area is 110 Å². The van der Waals surface area contributed by atoms with Crippen LogP contribution in [0, 0.1) is 0 Å². The van der Waals surface area contributed by atoms with E-state index in [1.165, 1.54) is 12.8 Å². The molecule has 16 heavy (non-hydrogen) atoms. The molecule has 2 nitrogen and oxygen atoms in total. The van der Waals surface area contributed by atoms with Crippen molar-refractivity contribution in [1.29, 1.82) is 0 Å². The number of hydrogen-bond acceptors (Lipinski definition) is 2. The van der Waals surface area contributed by atoms with Gasteiger partial charge in [-0.3, -0.25) is 0 Å². The maximum absolute atomic E-state index is 6.06. The molecule has 2 rings (SSSR count). The fourth-order valence-corrected chi connectivity index (χ4v) is 2.44. The number of nitrogens with one attached hydrogen (secondary N) is 2. The Morgan fingerprint density at radius 3 is 2.62 bits per heavy atom. The first kappa shape index (κ1) is 12.3. The molecule has 1 aromatic rings. The van der Waals surface area contributed by atoms with E-state index >= 15 is 0 Å². The second-order valence-electron chi connectivity index (χ2n) is 3.92. The minimum atomic E-state index is 0.483. The number of halogens is 3. The molecule has 0 aliphatic carbocycles. The minimum absolute atomic E-state index is 0.483. The zero-order valence-electron chi connectivity index (χ0n) is 8.69. The van der Waals surface area contributed by atoms with Crippen LogP contribution in [0.25, 0.3) is 0 Å². The van der Waals surface area contributed by atoms with E-state index in [0.29, 0.717) is 21.1 Å². The second-order valence-corrected chi connectivity index (χ2v) is 5.14. The molecule has 88 valence electrons. The lowest BCUT2D eigenvalue weighted by atomic mass is 10.2. The molecule has 0 spiro atoms. The molecule has 0 radical (unpaired) electrons. The molecule has 1 atom stereocenters. The van der Waals surface area contributed by atoms with Crippen molar-refractivity contribution >= 4 is 40.5 Å². The maximum Gasteiger partial charge on any atom is 0.0653 e. The van der Waals surface area contributed by atoms with E-state index in [4.69, 9.17) is 34.8 Å². The largest absolute Gasteiger partial charge is 0.382 e. The van der Waals surface area contributed by atoms with Crippen molar-refractivity contribution in [2.24, 2.45) is 0 Å². The SMILES string of the molecule is Clc1cc(Cl)c(NCC2CCCN2)cc1Cl. The zero-order chi connectivity index (χ0) is 11.5. The second kappa shape index (κ2) is 5.46. The quantitative estimate of drug-likeness (QED) is 0.822. The Kier molecular flexibility index (Phi) is 4.20. The number of benzene rings is 1. The van der Waals surface area contributed by atoms with Crippen molar-refractivity contribution in [2.45, 2.75) is 18.9 Å². The van der Waals surface area contributed by atoms with Gasteiger partial charge in [-0.25, -0.2) is 0 Å². The summed E-state index contributed by atoms with van der Waals surface area (Å²) in [5.74, 6) is 0. The molecule has 2 N–H and O–H groups in total. The third kappa shape index (κ3) is 2.95. The van der Waals surface area contributed by atoms with Crippen molar-refractivity contribution in [2.75, 3.05) is 18.4 Å². The predicted molar refractivity (Wildman–Crippen MR) is 71.0 cm³/mol. The van der Waals surface area contributed by atoms with Crippen LogP contribution in [0.5, 0.6) is 0 Å². The van der Waals surface area contributed by atoms with Crippen LogP contribution in [-0.2, 0) is 0 Å². The molecule has 1 unspecified atom stereocenters.